The Morgan fingerprint density at radius 3 is 2.15 bits per heavy atom. The van der Waals surface area contributed by atoms with Gasteiger partial charge in [-0.05, 0) is 11.1 Å². The van der Waals surface area contributed by atoms with Crippen molar-refractivity contribution in [2.24, 2.45) is 5.73 Å². The lowest BCUT2D eigenvalue weighted by Crippen LogP contribution is -2.32. The third-order valence-corrected chi connectivity index (χ3v) is 5.66. The van der Waals surface area contributed by atoms with E-state index in [1.807, 2.05) is 0 Å². The Labute approximate surface area is 120 Å². The molecule has 0 saturated heterocycles. The van der Waals surface area contributed by atoms with Crippen molar-refractivity contribution in [2.75, 3.05) is 25.6 Å². The van der Waals surface area contributed by atoms with Gasteiger partial charge in [-0.2, -0.15) is 0 Å². The van der Waals surface area contributed by atoms with E-state index in [1.165, 1.54) is 7.05 Å². The molecule has 1 aromatic carbocycles. The van der Waals surface area contributed by atoms with Crippen molar-refractivity contribution in [3.05, 3.63) is 35.4 Å². The summed E-state index contributed by atoms with van der Waals surface area (Å²) in [7, 11) is -5.37. The summed E-state index contributed by atoms with van der Waals surface area (Å²) < 4.78 is 47.6. The predicted molar refractivity (Wildman–Crippen MR) is 79.3 cm³/mol. The normalized spacial score (nSPS) is 12.8. The van der Waals surface area contributed by atoms with Crippen LogP contribution in [0.1, 0.15) is 11.1 Å². The van der Waals surface area contributed by atoms with Crippen LogP contribution in [0.4, 0.5) is 0 Å². The SMILES string of the molecule is CN(CCS(C)(=O)=O)S(=O)(=O)Cc1ccccc1CN. The van der Waals surface area contributed by atoms with Gasteiger partial charge in [0, 0.05) is 26.4 Å². The summed E-state index contributed by atoms with van der Waals surface area (Å²) in [5, 5.41) is 0. The molecule has 0 spiro atoms. The number of sulfonamides is 1. The highest BCUT2D eigenvalue weighted by Crippen LogP contribution is 2.14. The lowest BCUT2D eigenvalue weighted by atomic mass is 10.1. The zero-order valence-corrected chi connectivity index (χ0v) is 13.2. The standard InChI is InChI=1S/C12H20N2O4S2/c1-14(7-8-19(2,15)16)20(17,18)10-12-6-4-3-5-11(12)9-13/h3-6H,7-10,13H2,1-2H3. The molecule has 1 aromatic rings. The number of nitrogens with two attached hydrogens (primary N) is 1. The molecule has 0 aliphatic rings. The van der Waals surface area contributed by atoms with E-state index in [2.05, 4.69) is 0 Å². The number of benzene rings is 1. The van der Waals surface area contributed by atoms with Crippen molar-refractivity contribution in [2.45, 2.75) is 12.3 Å². The van der Waals surface area contributed by atoms with Crippen LogP contribution in [0.25, 0.3) is 0 Å². The third kappa shape index (κ3) is 5.20. The molecule has 2 N–H and O–H groups in total. The fraction of sp³-hybridized carbons (Fsp3) is 0.500. The zero-order valence-electron chi connectivity index (χ0n) is 11.6. The summed E-state index contributed by atoms with van der Waals surface area (Å²) in [4.78, 5) is 0. The van der Waals surface area contributed by atoms with Crippen LogP contribution in [0.15, 0.2) is 24.3 Å². The molecule has 0 fully saturated rings. The van der Waals surface area contributed by atoms with Crippen LogP contribution in [0.2, 0.25) is 0 Å². The molecule has 0 aromatic heterocycles. The smallest absolute Gasteiger partial charge is 0.218 e. The molecule has 114 valence electrons. The van der Waals surface area contributed by atoms with Gasteiger partial charge in [0.2, 0.25) is 10.0 Å². The molecule has 6 nitrogen and oxygen atoms in total. The molecule has 0 unspecified atom stereocenters. The van der Waals surface area contributed by atoms with E-state index in [-0.39, 0.29) is 24.6 Å². The van der Waals surface area contributed by atoms with Crippen LogP contribution < -0.4 is 5.73 Å². The van der Waals surface area contributed by atoms with E-state index >= 15 is 0 Å². The summed E-state index contributed by atoms with van der Waals surface area (Å²) in [5.74, 6) is -0.373. The minimum atomic E-state index is -3.56. The summed E-state index contributed by atoms with van der Waals surface area (Å²) in [6.45, 7) is 0.213. The van der Waals surface area contributed by atoms with Crippen LogP contribution >= 0.6 is 0 Å². The Balaban J connectivity index is 2.84. The van der Waals surface area contributed by atoms with E-state index in [4.69, 9.17) is 5.73 Å². The Morgan fingerprint density at radius 1 is 1.10 bits per heavy atom. The minimum absolute atomic E-state index is 0.0496. The van der Waals surface area contributed by atoms with Gasteiger partial charge in [-0.3, -0.25) is 0 Å². The van der Waals surface area contributed by atoms with E-state index < -0.39 is 19.9 Å². The van der Waals surface area contributed by atoms with Crippen LogP contribution in [0, 0.1) is 0 Å². The van der Waals surface area contributed by atoms with Crippen LogP contribution in [-0.2, 0) is 32.2 Å². The first-order valence-electron chi connectivity index (χ1n) is 6.04. The van der Waals surface area contributed by atoms with Crippen molar-refractivity contribution in [1.29, 1.82) is 0 Å². The number of hydrogen-bond acceptors (Lipinski definition) is 5. The molecule has 20 heavy (non-hydrogen) atoms. The van der Waals surface area contributed by atoms with Gasteiger partial charge in [-0.15, -0.1) is 0 Å². The molecular formula is C12H20N2O4S2. The zero-order chi connectivity index (χ0) is 15.4. The predicted octanol–water partition coefficient (Wildman–Crippen LogP) is -0.0485. The average Bonchev–Trinajstić information content (AvgIpc) is 2.35. The van der Waals surface area contributed by atoms with Crippen molar-refractivity contribution in [3.8, 4) is 0 Å². The Bertz CT molecular complexity index is 654. The molecule has 0 aliphatic carbocycles. The summed E-state index contributed by atoms with van der Waals surface area (Å²) in [6.07, 6.45) is 1.08. The number of nitrogens with zero attached hydrogens (tertiary/aromatic N) is 1. The van der Waals surface area contributed by atoms with Gasteiger partial charge < -0.3 is 5.73 Å². The fourth-order valence-electron chi connectivity index (χ4n) is 1.64. The lowest BCUT2D eigenvalue weighted by Gasteiger charge is -2.17. The molecule has 0 radical (unpaired) electrons. The first-order chi connectivity index (χ1) is 9.15. The maximum atomic E-state index is 12.2. The summed E-state index contributed by atoms with van der Waals surface area (Å²) >= 11 is 0. The Kier molecular flexibility index (Phi) is 5.69. The van der Waals surface area contributed by atoms with E-state index in [0.29, 0.717) is 5.56 Å². The van der Waals surface area contributed by atoms with Gasteiger partial charge in [0.15, 0.2) is 0 Å². The molecule has 0 saturated carbocycles. The molecular weight excluding hydrogens is 300 g/mol. The largest absolute Gasteiger partial charge is 0.326 e. The van der Waals surface area contributed by atoms with Crippen molar-refractivity contribution in [1.82, 2.24) is 4.31 Å². The first kappa shape index (κ1) is 17.1. The maximum Gasteiger partial charge on any atom is 0.218 e. The van der Waals surface area contributed by atoms with Gasteiger partial charge in [0.1, 0.15) is 9.84 Å². The second kappa shape index (κ2) is 6.66. The quantitative estimate of drug-likeness (QED) is 0.760. The molecule has 0 atom stereocenters. The Hall–Kier alpha value is -0.960. The van der Waals surface area contributed by atoms with Crippen LogP contribution in [0.5, 0.6) is 0 Å². The summed E-state index contributed by atoms with van der Waals surface area (Å²) in [6, 6.07) is 7.04. The Morgan fingerprint density at radius 2 is 1.65 bits per heavy atom. The van der Waals surface area contributed by atoms with E-state index in [9.17, 15) is 16.8 Å². The molecule has 0 aliphatic heterocycles. The fourth-order valence-corrected chi connectivity index (χ4v) is 3.62. The van der Waals surface area contributed by atoms with Gasteiger partial charge in [0.05, 0.1) is 11.5 Å². The second-order valence-corrected chi connectivity index (χ2v) is 9.02. The van der Waals surface area contributed by atoms with Gasteiger partial charge in [-0.1, -0.05) is 24.3 Å². The third-order valence-electron chi connectivity index (χ3n) is 2.93. The molecule has 0 bridgehead atoms. The van der Waals surface area contributed by atoms with Gasteiger partial charge >= 0.3 is 0 Å². The van der Waals surface area contributed by atoms with Crippen LogP contribution in [-0.4, -0.2) is 46.7 Å². The minimum Gasteiger partial charge on any atom is -0.326 e. The van der Waals surface area contributed by atoms with Gasteiger partial charge in [-0.25, -0.2) is 21.1 Å². The monoisotopic (exact) mass is 320 g/mol. The van der Waals surface area contributed by atoms with E-state index in [1.54, 1.807) is 24.3 Å². The average molecular weight is 320 g/mol. The van der Waals surface area contributed by atoms with Crippen LogP contribution in [0.3, 0.4) is 0 Å². The molecule has 8 heteroatoms. The number of rotatable bonds is 7. The first-order valence-corrected chi connectivity index (χ1v) is 9.71. The topological polar surface area (TPSA) is 97.5 Å². The highest BCUT2D eigenvalue weighted by Gasteiger charge is 2.20. The van der Waals surface area contributed by atoms with Gasteiger partial charge in [0.25, 0.3) is 0 Å². The van der Waals surface area contributed by atoms with Crippen molar-refractivity contribution in [3.63, 3.8) is 0 Å². The van der Waals surface area contributed by atoms with Crippen molar-refractivity contribution >= 4 is 19.9 Å². The molecule has 1 rings (SSSR count). The maximum absolute atomic E-state index is 12.2. The summed E-state index contributed by atoms with van der Waals surface area (Å²) in [5.41, 5.74) is 6.98. The molecule has 0 amide bonds. The molecule has 0 heterocycles. The highest BCUT2D eigenvalue weighted by molar-refractivity contribution is 7.90. The van der Waals surface area contributed by atoms with E-state index in [0.717, 1.165) is 16.1 Å². The lowest BCUT2D eigenvalue weighted by molar-refractivity contribution is 0.484. The second-order valence-electron chi connectivity index (χ2n) is 4.68. The highest BCUT2D eigenvalue weighted by atomic mass is 32.2. The van der Waals surface area contributed by atoms with Crippen molar-refractivity contribution < 1.29 is 16.8 Å². The number of sulfone groups is 1. The number of hydrogen-bond donors (Lipinski definition) is 1.